The Bertz CT molecular complexity index is 1170. The van der Waals surface area contributed by atoms with Crippen LogP contribution in [0.4, 0.5) is 0 Å². The predicted molar refractivity (Wildman–Crippen MR) is 166 cm³/mol. The topological polar surface area (TPSA) is 134 Å². The quantitative estimate of drug-likeness (QED) is 0.178. The van der Waals surface area contributed by atoms with Gasteiger partial charge < -0.3 is 29.9 Å². The van der Waals surface area contributed by atoms with Crippen LogP contribution in [0.25, 0.3) is 0 Å². The van der Waals surface area contributed by atoms with Crippen LogP contribution in [0.3, 0.4) is 0 Å². The fourth-order valence-electron chi connectivity index (χ4n) is 10.8. The Labute approximate surface area is 263 Å². The average Bonchev–Trinajstić information content (AvgIpc) is 3.24. The van der Waals surface area contributed by atoms with Crippen molar-refractivity contribution in [1.82, 2.24) is 0 Å². The fraction of sp³-hybridized carbons (Fsp3) is 0.833. The summed E-state index contributed by atoms with van der Waals surface area (Å²) in [6, 6.07) is 0. The molecule has 1 saturated heterocycles. The Morgan fingerprint density at radius 1 is 1.07 bits per heavy atom. The third kappa shape index (κ3) is 5.02. The van der Waals surface area contributed by atoms with Crippen LogP contribution in [0, 0.1) is 45.3 Å². The summed E-state index contributed by atoms with van der Waals surface area (Å²) in [6.45, 7) is 15.1. The molecule has 5 rings (SSSR count). The van der Waals surface area contributed by atoms with Gasteiger partial charge in [0.2, 0.25) is 0 Å². The van der Waals surface area contributed by atoms with Crippen molar-refractivity contribution in [1.29, 1.82) is 0 Å². The lowest BCUT2D eigenvalue weighted by atomic mass is 9.38. The highest BCUT2D eigenvalue weighted by Gasteiger charge is 2.70. The Morgan fingerprint density at radius 2 is 1.77 bits per heavy atom. The maximum absolute atomic E-state index is 14.6. The molecule has 44 heavy (non-hydrogen) atoms. The number of carbonyl (C=O) groups is 2. The molecule has 4 fully saturated rings. The first-order valence-electron chi connectivity index (χ1n) is 16.9. The predicted octanol–water partition coefficient (Wildman–Crippen LogP) is 4.52. The fourth-order valence-corrected chi connectivity index (χ4v) is 10.8. The molecule has 3 saturated carbocycles. The van der Waals surface area contributed by atoms with E-state index in [0.717, 1.165) is 50.4 Å². The molecule has 0 aromatic carbocycles. The molecule has 4 aliphatic carbocycles. The van der Waals surface area contributed by atoms with Gasteiger partial charge >= 0.3 is 0 Å². The number of aldehydes is 1. The Morgan fingerprint density at radius 3 is 2.43 bits per heavy atom. The monoisotopic (exact) mass is 616 g/mol. The standard InChI is InChI=1S/C36H56O8/c1-20(18-37)9-8-10-21(2)22-15-16-34(5)26-13-11-23-24(36(26,7)27(39)17-35(22,34)6)12-14-28(33(23,3)4)44-32-31(42)30(41)29(40)25(19-38)43-32/h9,11,18,21-22,24-26,28-32,38,40-42H,8,10,12-17,19H2,1-7H3/b20-9+/t21-,22?,24-,25-,26?,28+,29-,30+,31-,32+,34+,35-,36+/m1/s1. The van der Waals surface area contributed by atoms with Gasteiger partial charge in [-0.3, -0.25) is 9.59 Å². The van der Waals surface area contributed by atoms with Crippen LogP contribution < -0.4 is 0 Å². The van der Waals surface area contributed by atoms with Crippen LogP contribution in [0.15, 0.2) is 23.3 Å². The largest absolute Gasteiger partial charge is 0.394 e. The number of rotatable bonds is 8. The number of carbonyl (C=O) groups excluding carboxylic acids is 2. The highest BCUT2D eigenvalue weighted by atomic mass is 16.7. The molecule has 0 amide bonds. The first-order chi connectivity index (χ1) is 20.6. The molecule has 1 aliphatic heterocycles. The highest BCUT2D eigenvalue weighted by Crippen LogP contribution is 2.74. The summed E-state index contributed by atoms with van der Waals surface area (Å²) >= 11 is 0. The molecule has 0 bridgehead atoms. The van der Waals surface area contributed by atoms with Crippen molar-refractivity contribution >= 4 is 12.1 Å². The van der Waals surface area contributed by atoms with Crippen LogP contribution in [-0.4, -0.2) is 75.9 Å². The smallest absolute Gasteiger partial charge is 0.187 e. The number of aliphatic hydroxyl groups excluding tert-OH is 4. The summed E-state index contributed by atoms with van der Waals surface area (Å²) in [5.74, 6) is 1.68. The van der Waals surface area contributed by atoms with E-state index < -0.39 is 48.1 Å². The van der Waals surface area contributed by atoms with Gasteiger partial charge in [0.25, 0.3) is 0 Å². The zero-order chi connectivity index (χ0) is 32.4. The van der Waals surface area contributed by atoms with E-state index in [1.54, 1.807) is 0 Å². The summed E-state index contributed by atoms with van der Waals surface area (Å²) in [7, 11) is 0. The second-order valence-electron chi connectivity index (χ2n) is 16.1. The number of aliphatic hydroxyl groups is 4. The van der Waals surface area contributed by atoms with E-state index in [9.17, 15) is 30.0 Å². The van der Waals surface area contributed by atoms with E-state index in [0.29, 0.717) is 30.5 Å². The summed E-state index contributed by atoms with van der Waals surface area (Å²) in [5.41, 5.74) is 1.08. The number of fused-ring (bicyclic) bond motifs is 5. The third-order valence-corrected chi connectivity index (χ3v) is 13.8. The molecule has 8 nitrogen and oxygen atoms in total. The molecule has 0 aromatic rings. The van der Waals surface area contributed by atoms with Crippen molar-refractivity contribution in [2.45, 2.75) is 137 Å². The third-order valence-electron chi connectivity index (χ3n) is 13.8. The van der Waals surface area contributed by atoms with Gasteiger partial charge in [-0.2, -0.15) is 0 Å². The lowest BCUT2D eigenvalue weighted by Gasteiger charge is -2.65. The van der Waals surface area contributed by atoms with Crippen molar-refractivity contribution in [3.63, 3.8) is 0 Å². The lowest BCUT2D eigenvalue weighted by Crippen LogP contribution is -2.64. The van der Waals surface area contributed by atoms with Crippen LogP contribution in [0.5, 0.6) is 0 Å². The van der Waals surface area contributed by atoms with Crippen LogP contribution >= 0.6 is 0 Å². The summed E-state index contributed by atoms with van der Waals surface area (Å²) in [6.07, 6.45) is 5.52. The number of hydrogen-bond acceptors (Lipinski definition) is 8. The maximum Gasteiger partial charge on any atom is 0.187 e. The second kappa shape index (κ2) is 12.0. The van der Waals surface area contributed by atoms with Crippen molar-refractivity contribution in [2.24, 2.45) is 45.3 Å². The summed E-state index contributed by atoms with van der Waals surface area (Å²) in [5, 5.41) is 40.8. The Balaban J connectivity index is 1.38. The molecule has 0 spiro atoms. The van der Waals surface area contributed by atoms with Gasteiger partial charge in [0.05, 0.1) is 12.7 Å². The normalized spacial score (nSPS) is 47.7. The lowest BCUT2D eigenvalue weighted by molar-refractivity contribution is -0.319. The minimum absolute atomic E-state index is 0.0407. The highest BCUT2D eigenvalue weighted by molar-refractivity contribution is 5.88. The van der Waals surface area contributed by atoms with Gasteiger partial charge in [-0.1, -0.05) is 59.3 Å². The molecule has 248 valence electrons. The van der Waals surface area contributed by atoms with Crippen LogP contribution in [0.1, 0.15) is 99.8 Å². The molecule has 5 aliphatic rings. The molecule has 1 heterocycles. The van der Waals surface area contributed by atoms with Gasteiger partial charge in [-0.05, 0) is 91.9 Å². The van der Waals surface area contributed by atoms with E-state index in [4.69, 9.17) is 9.47 Å². The zero-order valence-electron chi connectivity index (χ0n) is 27.8. The van der Waals surface area contributed by atoms with E-state index in [1.165, 1.54) is 5.57 Å². The molecule has 0 aromatic heterocycles. The Kier molecular flexibility index (Phi) is 9.24. The maximum atomic E-state index is 14.6. The van der Waals surface area contributed by atoms with Crippen molar-refractivity contribution in [3.8, 4) is 0 Å². The summed E-state index contributed by atoms with van der Waals surface area (Å²) in [4.78, 5) is 25.6. The zero-order valence-corrected chi connectivity index (χ0v) is 27.8. The minimum Gasteiger partial charge on any atom is -0.394 e. The van der Waals surface area contributed by atoms with E-state index in [2.05, 4.69) is 47.6 Å². The van der Waals surface area contributed by atoms with Crippen molar-refractivity contribution < 1.29 is 39.5 Å². The van der Waals surface area contributed by atoms with Crippen LogP contribution in [0.2, 0.25) is 0 Å². The van der Waals surface area contributed by atoms with Gasteiger partial charge in [0.1, 0.15) is 36.5 Å². The number of Topliss-reactive ketones (excluding diaryl/α,β-unsaturated/α-hetero) is 1. The average molecular weight is 617 g/mol. The van der Waals surface area contributed by atoms with Crippen molar-refractivity contribution in [3.05, 3.63) is 23.3 Å². The van der Waals surface area contributed by atoms with Gasteiger partial charge in [-0.15, -0.1) is 0 Å². The summed E-state index contributed by atoms with van der Waals surface area (Å²) < 4.78 is 12.1. The van der Waals surface area contributed by atoms with E-state index in [1.807, 2.05) is 13.0 Å². The first-order valence-corrected chi connectivity index (χ1v) is 16.9. The van der Waals surface area contributed by atoms with Crippen LogP contribution in [-0.2, 0) is 19.1 Å². The number of ether oxygens (including phenoxy) is 2. The van der Waals surface area contributed by atoms with Gasteiger partial charge in [0.15, 0.2) is 6.29 Å². The SMILES string of the molecule is C/C(C=O)=C\CC[C@@H](C)C1CC[C@@]2(C)C3CC=C4[C@@H](CC[C@H](O[C@@H]5O[C@H](CO)[C@@H](O)[C@H](O)[C@H]5O)C4(C)C)[C@]3(C)C(=O)C[C@]12C. The number of allylic oxidation sites excluding steroid dienone is 3. The van der Waals surface area contributed by atoms with E-state index >= 15 is 0 Å². The molecule has 13 atom stereocenters. The van der Waals surface area contributed by atoms with Crippen molar-refractivity contribution in [2.75, 3.05) is 6.61 Å². The number of ketones is 1. The van der Waals surface area contributed by atoms with E-state index in [-0.39, 0.29) is 28.8 Å². The molecule has 4 N–H and O–H groups in total. The Hall–Kier alpha value is -1.42. The van der Waals surface area contributed by atoms with Gasteiger partial charge in [-0.25, -0.2) is 0 Å². The molecule has 8 heteroatoms. The second-order valence-corrected chi connectivity index (χ2v) is 16.1. The molecular weight excluding hydrogens is 560 g/mol. The molecular formula is C36H56O8. The molecule has 0 radical (unpaired) electrons. The first kappa shape index (κ1) is 33.9. The minimum atomic E-state index is -1.48. The number of hydrogen-bond donors (Lipinski definition) is 4. The molecule has 2 unspecified atom stereocenters. The van der Waals surface area contributed by atoms with Gasteiger partial charge in [0, 0.05) is 17.3 Å².